The Morgan fingerprint density at radius 1 is 1.40 bits per heavy atom. The summed E-state index contributed by atoms with van der Waals surface area (Å²) in [6.07, 6.45) is 1.52. The van der Waals surface area contributed by atoms with E-state index in [0.717, 1.165) is 25.1 Å². The molecule has 0 amide bonds. The first kappa shape index (κ1) is 16.0. The average molecular weight is 284 g/mol. The number of carbonyl (C=O) groups excluding carboxylic acids is 1. The average Bonchev–Trinajstić information content (AvgIpc) is 2.37. The third-order valence-electron chi connectivity index (χ3n) is 2.61. The summed E-state index contributed by atoms with van der Waals surface area (Å²) in [7, 11) is 3.88. The molecule has 1 aromatic carbocycles. The molecule has 0 aliphatic heterocycles. The largest absolute Gasteiger partial charge is 0.462 e. The maximum atomic E-state index is 12.9. The molecular weight excluding hydrogens is 267 g/mol. The zero-order valence-corrected chi connectivity index (χ0v) is 11.5. The fraction of sp³-hybridized carbons (Fsp3) is 0.462. The van der Waals surface area contributed by atoms with Crippen LogP contribution in [0.25, 0.3) is 0 Å². The summed E-state index contributed by atoms with van der Waals surface area (Å²) in [6, 6.07) is 2.77. The molecule has 0 N–H and O–H groups in total. The predicted octanol–water partition coefficient (Wildman–Crippen LogP) is 2.23. The highest BCUT2D eigenvalue weighted by atomic mass is 19.1. The number of esters is 1. The van der Waals surface area contributed by atoms with Gasteiger partial charge in [0.1, 0.15) is 11.4 Å². The van der Waals surface area contributed by atoms with E-state index in [4.69, 9.17) is 4.74 Å². The maximum Gasteiger partial charge on any atom is 0.345 e. The smallest absolute Gasteiger partial charge is 0.345 e. The molecule has 110 valence electrons. The van der Waals surface area contributed by atoms with Crippen LogP contribution in [0.2, 0.25) is 0 Å². The van der Waals surface area contributed by atoms with Gasteiger partial charge in [-0.1, -0.05) is 0 Å². The lowest BCUT2D eigenvalue weighted by molar-refractivity contribution is -0.385. The Balaban J connectivity index is 2.57. The monoisotopic (exact) mass is 284 g/mol. The second-order valence-corrected chi connectivity index (χ2v) is 4.56. The van der Waals surface area contributed by atoms with Gasteiger partial charge < -0.3 is 9.64 Å². The highest BCUT2D eigenvalue weighted by Gasteiger charge is 2.22. The van der Waals surface area contributed by atoms with Crippen molar-refractivity contribution in [3.05, 3.63) is 39.7 Å². The van der Waals surface area contributed by atoms with E-state index < -0.39 is 22.4 Å². The molecule has 0 saturated carbocycles. The summed E-state index contributed by atoms with van der Waals surface area (Å²) in [5.74, 6) is -1.57. The first-order valence-corrected chi connectivity index (χ1v) is 6.17. The summed E-state index contributed by atoms with van der Waals surface area (Å²) in [5.41, 5.74) is -0.813. The van der Waals surface area contributed by atoms with Gasteiger partial charge in [0, 0.05) is 0 Å². The minimum atomic E-state index is -0.804. The Hall–Kier alpha value is -2.02. The van der Waals surface area contributed by atoms with Crippen molar-refractivity contribution in [1.82, 2.24) is 4.90 Å². The number of halogens is 1. The third-order valence-corrected chi connectivity index (χ3v) is 2.61. The zero-order valence-electron chi connectivity index (χ0n) is 11.5. The van der Waals surface area contributed by atoms with Crippen LogP contribution in [0.1, 0.15) is 23.2 Å². The molecule has 20 heavy (non-hydrogen) atoms. The fourth-order valence-electron chi connectivity index (χ4n) is 1.60. The van der Waals surface area contributed by atoms with Crippen molar-refractivity contribution >= 4 is 11.7 Å². The quantitative estimate of drug-likeness (QED) is 0.332. The van der Waals surface area contributed by atoms with Crippen molar-refractivity contribution in [2.24, 2.45) is 0 Å². The minimum absolute atomic E-state index is 0.182. The molecule has 6 nitrogen and oxygen atoms in total. The number of carbonyl (C=O) groups is 1. The molecule has 0 atom stereocenters. The summed E-state index contributed by atoms with van der Waals surface area (Å²) < 4.78 is 17.9. The Morgan fingerprint density at radius 3 is 2.70 bits per heavy atom. The number of ether oxygens (including phenoxy) is 1. The van der Waals surface area contributed by atoms with E-state index in [1.165, 1.54) is 0 Å². The summed E-state index contributed by atoms with van der Waals surface area (Å²) >= 11 is 0. The summed E-state index contributed by atoms with van der Waals surface area (Å²) in [5, 5.41) is 10.8. The molecule has 0 saturated heterocycles. The van der Waals surface area contributed by atoms with Gasteiger partial charge in [0.2, 0.25) is 0 Å². The van der Waals surface area contributed by atoms with Crippen LogP contribution in [-0.4, -0.2) is 43.0 Å². The number of nitro groups is 1. The number of nitro benzene ring substituents is 1. The predicted molar refractivity (Wildman–Crippen MR) is 71.1 cm³/mol. The van der Waals surface area contributed by atoms with Crippen molar-refractivity contribution in [1.29, 1.82) is 0 Å². The second-order valence-electron chi connectivity index (χ2n) is 4.56. The van der Waals surface area contributed by atoms with Gasteiger partial charge >= 0.3 is 5.97 Å². The SMILES string of the molecule is CN(C)CCCCOC(=O)c1ccc(F)cc1[N+](=O)[O-]. The van der Waals surface area contributed by atoms with E-state index in [9.17, 15) is 19.3 Å². The highest BCUT2D eigenvalue weighted by Crippen LogP contribution is 2.20. The van der Waals surface area contributed by atoms with Crippen molar-refractivity contribution < 1.29 is 18.8 Å². The van der Waals surface area contributed by atoms with Gasteiger partial charge in [-0.15, -0.1) is 0 Å². The summed E-state index contributed by atoms with van der Waals surface area (Å²) in [6.45, 7) is 1.05. The van der Waals surface area contributed by atoms with Crippen LogP contribution in [0.3, 0.4) is 0 Å². The van der Waals surface area contributed by atoms with Gasteiger partial charge in [0.15, 0.2) is 0 Å². The van der Waals surface area contributed by atoms with Crippen molar-refractivity contribution in [3.8, 4) is 0 Å². The van der Waals surface area contributed by atoms with Gasteiger partial charge in [-0.25, -0.2) is 9.18 Å². The van der Waals surface area contributed by atoms with E-state index >= 15 is 0 Å². The van der Waals surface area contributed by atoms with E-state index in [-0.39, 0.29) is 12.2 Å². The van der Waals surface area contributed by atoms with Crippen LogP contribution in [-0.2, 0) is 4.74 Å². The van der Waals surface area contributed by atoms with Crippen LogP contribution in [0, 0.1) is 15.9 Å². The Morgan fingerprint density at radius 2 is 2.10 bits per heavy atom. The van der Waals surface area contributed by atoms with Gasteiger partial charge in [0.05, 0.1) is 17.6 Å². The fourth-order valence-corrected chi connectivity index (χ4v) is 1.60. The van der Waals surface area contributed by atoms with Gasteiger partial charge in [-0.3, -0.25) is 10.1 Å². The molecule has 0 radical (unpaired) electrons. The van der Waals surface area contributed by atoms with Crippen molar-refractivity contribution in [2.75, 3.05) is 27.2 Å². The second kappa shape index (κ2) is 7.54. The normalized spacial score (nSPS) is 10.6. The molecule has 0 spiro atoms. The van der Waals surface area contributed by atoms with E-state index in [1.807, 2.05) is 19.0 Å². The molecule has 1 aromatic rings. The molecule has 0 heterocycles. The van der Waals surface area contributed by atoms with Crippen LogP contribution < -0.4 is 0 Å². The molecule has 0 aliphatic carbocycles. The van der Waals surface area contributed by atoms with Gasteiger partial charge in [-0.05, 0) is 45.6 Å². The number of nitrogens with zero attached hydrogens (tertiary/aromatic N) is 2. The van der Waals surface area contributed by atoms with Crippen LogP contribution >= 0.6 is 0 Å². The minimum Gasteiger partial charge on any atom is -0.462 e. The van der Waals surface area contributed by atoms with Crippen molar-refractivity contribution in [3.63, 3.8) is 0 Å². The van der Waals surface area contributed by atoms with Gasteiger partial charge in [-0.2, -0.15) is 0 Å². The number of hydrogen-bond donors (Lipinski definition) is 0. The van der Waals surface area contributed by atoms with Crippen molar-refractivity contribution in [2.45, 2.75) is 12.8 Å². The molecular formula is C13H17FN2O4. The Kier molecular flexibility index (Phi) is 6.05. The van der Waals surface area contributed by atoms with E-state index in [1.54, 1.807) is 0 Å². The molecule has 0 bridgehead atoms. The molecule has 0 aliphatic rings. The first-order valence-electron chi connectivity index (χ1n) is 6.17. The Bertz CT molecular complexity index is 491. The lowest BCUT2D eigenvalue weighted by atomic mass is 10.2. The zero-order chi connectivity index (χ0) is 15.1. The Labute approximate surface area is 116 Å². The number of unbranched alkanes of at least 4 members (excludes halogenated alkanes) is 1. The molecule has 0 unspecified atom stereocenters. The highest BCUT2D eigenvalue weighted by molar-refractivity contribution is 5.93. The van der Waals surface area contributed by atoms with E-state index in [2.05, 4.69) is 0 Å². The third kappa shape index (κ3) is 4.93. The molecule has 0 fully saturated rings. The topological polar surface area (TPSA) is 72.7 Å². The van der Waals surface area contributed by atoms with E-state index in [0.29, 0.717) is 12.5 Å². The standard InChI is InChI=1S/C13H17FN2O4/c1-15(2)7-3-4-8-20-13(17)11-6-5-10(14)9-12(11)16(18)19/h5-6,9H,3-4,7-8H2,1-2H3. The van der Waals surface area contributed by atoms with Crippen LogP contribution in [0.15, 0.2) is 18.2 Å². The molecule has 0 aromatic heterocycles. The summed E-state index contributed by atoms with van der Waals surface area (Å²) in [4.78, 5) is 23.7. The lowest BCUT2D eigenvalue weighted by Gasteiger charge is -2.09. The number of benzene rings is 1. The first-order chi connectivity index (χ1) is 9.41. The molecule has 7 heteroatoms. The van der Waals surface area contributed by atoms with Crippen LogP contribution in [0.4, 0.5) is 10.1 Å². The van der Waals surface area contributed by atoms with Crippen LogP contribution in [0.5, 0.6) is 0 Å². The maximum absolute atomic E-state index is 12.9. The number of rotatable bonds is 7. The van der Waals surface area contributed by atoms with Gasteiger partial charge in [0.25, 0.3) is 5.69 Å². The molecule has 1 rings (SSSR count). The number of hydrogen-bond acceptors (Lipinski definition) is 5. The lowest BCUT2D eigenvalue weighted by Crippen LogP contribution is -2.14.